The Kier molecular flexibility index (Phi) is 7.59. The molecule has 0 aliphatic carbocycles. The molecule has 1 amide bonds. The van der Waals surface area contributed by atoms with Gasteiger partial charge in [-0.3, -0.25) is 4.79 Å². The van der Waals surface area contributed by atoms with E-state index in [0.29, 0.717) is 5.69 Å². The lowest BCUT2D eigenvalue weighted by molar-refractivity contribution is -0.115. The van der Waals surface area contributed by atoms with Gasteiger partial charge in [0, 0.05) is 11.3 Å². The Morgan fingerprint density at radius 3 is 2.17 bits per heavy atom. The fraction of sp³-hybridized carbons (Fsp3) is 0.212. The van der Waals surface area contributed by atoms with Crippen molar-refractivity contribution in [3.05, 3.63) is 113 Å². The van der Waals surface area contributed by atoms with Crippen LogP contribution in [-0.4, -0.2) is 29.6 Å². The zero-order chi connectivity index (χ0) is 28.4. The van der Waals surface area contributed by atoms with Gasteiger partial charge in [-0.2, -0.15) is 0 Å². The number of hydrogen-bond donors (Lipinski definition) is 1. The van der Waals surface area contributed by atoms with Gasteiger partial charge in [0.05, 0.1) is 34.1 Å². The number of anilines is 1. The second-order valence-corrected chi connectivity index (χ2v) is 12.5. The second kappa shape index (κ2) is 11.1. The first kappa shape index (κ1) is 27.3. The Morgan fingerprint density at radius 2 is 1.52 bits per heavy atom. The second-order valence-electron chi connectivity index (χ2n) is 10.2. The maximum absolute atomic E-state index is 12.7. The molecule has 0 spiro atoms. The number of sulfone groups is 1. The number of nitrogens with one attached hydrogen (secondary N) is 1. The van der Waals surface area contributed by atoms with Crippen LogP contribution < -0.4 is 5.32 Å². The van der Waals surface area contributed by atoms with Crippen LogP contribution in [0.1, 0.15) is 42.1 Å². The molecule has 5 aromatic rings. The molecule has 0 bridgehead atoms. The third-order valence-electron chi connectivity index (χ3n) is 7.25. The van der Waals surface area contributed by atoms with E-state index in [1.165, 1.54) is 16.7 Å². The van der Waals surface area contributed by atoms with E-state index < -0.39 is 9.84 Å². The summed E-state index contributed by atoms with van der Waals surface area (Å²) >= 11 is 0. The summed E-state index contributed by atoms with van der Waals surface area (Å²) < 4.78 is 26.3. The molecule has 1 aromatic heterocycles. The number of benzene rings is 4. The van der Waals surface area contributed by atoms with E-state index in [0.717, 1.165) is 28.0 Å². The molecule has 1 N–H and O–H groups in total. The third kappa shape index (κ3) is 5.70. The summed E-state index contributed by atoms with van der Waals surface area (Å²) in [6, 6.07) is 29.2. The number of rotatable bonds is 8. The number of carbonyl (C=O) groups is 1. The van der Waals surface area contributed by atoms with Crippen molar-refractivity contribution in [2.75, 3.05) is 11.1 Å². The lowest BCUT2D eigenvalue weighted by Crippen LogP contribution is -2.14. The van der Waals surface area contributed by atoms with E-state index in [1.54, 1.807) is 31.2 Å². The number of imidazole rings is 1. The molecule has 0 aliphatic rings. The number of aryl methyl sites for hydroxylation is 2. The first-order valence-electron chi connectivity index (χ1n) is 13.4. The van der Waals surface area contributed by atoms with Gasteiger partial charge in [-0.1, -0.05) is 55.0 Å². The van der Waals surface area contributed by atoms with Crippen LogP contribution in [0.2, 0.25) is 0 Å². The number of hydrogen-bond acceptors (Lipinski definition) is 4. The van der Waals surface area contributed by atoms with Crippen molar-refractivity contribution < 1.29 is 13.2 Å². The summed E-state index contributed by atoms with van der Waals surface area (Å²) in [4.78, 5) is 18.0. The number of amides is 1. The van der Waals surface area contributed by atoms with Crippen molar-refractivity contribution in [1.29, 1.82) is 0 Å². The van der Waals surface area contributed by atoms with E-state index in [4.69, 9.17) is 4.98 Å². The molecular formula is C33H33N3O3S. The molecule has 204 valence electrons. The first-order chi connectivity index (χ1) is 19.1. The lowest BCUT2D eigenvalue weighted by atomic mass is 10.1. The van der Waals surface area contributed by atoms with Crippen molar-refractivity contribution in [2.24, 2.45) is 0 Å². The maximum Gasteiger partial charge on any atom is 0.228 e. The summed E-state index contributed by atoms with van der Waals surface area (Å²) in [6.07, 6.45) is 0.150. The SMILES string of the molecule is CCS(=O)(=O)c1ccc(CC(=O)Nc2ccc(-c3nc4ccc(C)cc4n3[C@H](C)c3ccc(C)cc3)cc2)cc1. The minimum absolute atomic E-state index is 0.0452. The van der Waals surface area contributed by atoms with Gasteiger partial charge in [0.1, 0.15) is 5.82 Å². The molecule has 0 saturated carbocycles. The van der Waals surface area contributed by atoms with Crippen molar-refractivity contribution in [3.8, 4) is 11.4 Å². The number of fused-ring (bicyclic) bond motifs is 1. The Labute approximate surface area is 235 Å². The molecule has 0 radical (unpaired) electrons. The Hall–Kier alpha value is -4.23. The smallest absolute Gasteiger partial charge is 0.228 e. The Morgan fingerprint density at radius 1 is 0.875 bits per heavy atom. The maximum atomic E-state index is 12.7. The van der Waals surface area contributed by atoms with Crippen LogP contribution in [0.5, 0.6) is 0 Å². The van der Waals surface area contributed by atoms with Gasteiger partial charge in [-0.25, -0.2) is 13.4 Å². The summed E-state index contributed by atoms with van der Waals surface area (Å²) in [5.41, 5.74) is 8.02. The summed E-state index contributed by atoms with van der Waals surface area (Å²) in [5.74, 6) is 0.743. The van der Waals surface area contributed by atoms with Crippen LogP contribution in [0.3, 0.4) is 0 Å². The van der Waals surface area contributed by atoms with Crippen molar-refractivity contribution >= 4 is 32.5 Å². The largest absolute Gasteiger partial charge is 0.326 e. The zero-order valence-electron chi connectivity index (χ0n) is 23.2. The highest BCUT2D eigenvalue weighted by atomic mass is 32.2. The van der Waals surface area contributed by atoms with Crippen LogP contribution in [0.25, 0.3) is 22.4 Å². The topological polar surface area (TPSA) is 81.1 Å². The molecule has 4 aromatic carbocycles. The fourth-order valence-electron chi connectivity index (χ4n) is 4.87. The third-order valence-corrected chi connectivity index (χ3v) is 9.00. The van der Waals surface area contributed by atoms with Crippen molar-refractivity contribution in [1.82, 2.24) is 9.55 Å². The fourth-order valence-corrected chi connectivity index (χ4v) is 5.75. The highest BCUT2D eigenvalue weighted by Gasteiger charge is 2.19. The summed E-state index contributed by atoms with van der Waals surface area (Å²) in [6.45, 7) is 7.98. The van der Waals surface area contributed by atoms with E-state index in [2.05, 4.69) is 73.1 Å². The Bertz CT molecular complexity index is 1770. The zero-order valence-corrected chi connectivity index (χ0v) is 24.0. The van der Waals surface area contributed by atoms with Gasteiger partial charge < -0.3 is 9.88 Å². The summed E-state index contributed by atoms with van der Waals surface area (Å²) in [7, 11) is -3.26. The molecule has 1 atom stereocenters. The van der Waals surface area contributed by atoms with E-state index in [9.17, 15) is 13.2 Å². The van der Waals surface area contributed by atoms with Gasteiger partial charge in [0.15, 0.2) is 9.84 Å². The number of nitrogens with zero attached hydrogens (tertiary/aromatic N) is 2. The normalized spacial score (nSPS) is 12.4. The molecule has 7 heteroatoms. The molecule has 6 nitrogen and oxygen atoms in total. The van der Waals surface area contributed by atoms with Gasteiger partial charge in [-0.05, 0) is 86.0 Å². The monoisotopic (exact) mass is 551 g/mol. The molecule has 0 fully saturated rings. The average molecular weight is 552 g/mol. The van der Waals surface area contributed by atoms with E-state index in [-0.39, 0.29) is 29.0 Å². The highest BCUT2D eigenvalue weighted by molar-refractivity contribution is 7.91. The predicted molar refractivity (Wildman–Crippen MR) is 161 cm³/mol. The molecule has 1 heterocycles. The first-order valence-corrected chi connectivity index (χ1v) is 15.1. The number of aromatic nitrogens is 2. The number of carbonyl (C=O) groups excluding carboxylic acids is 1. The molecule has 5 rings (SSSR count). The lowest BCUT2D eigenvalue weighted by Gasteiger charge is -2.19. The van der Waals surface area contributed by atoms with Crippen molar-refractivity contribution in [2.45, 2.75) is 45.1 Å². The Balaban J connectivity index is 1.38. The van der Waals surface area contributed by atoms with Crippen LogP contribution in [0.15, 0.2) is 95.9 Å². The summed E-state index contributed by atoms with van der Waals surface area (Å²) in [5, 5.41) is 2.94. The van der Waals surface area contributed by atoms with Crippen LogP contribution >= 0.6 is 0 Å². The van der Waals surface area contributed by atoms with Gasteiger partial charge >= 0.3 is 0 Å². The standard InChI is InChI=1S/C33H33N3O3S/c1-5-40(38,39)29-17-9-25(10-18-29)21-32(37)34-28-15-13-27(14-16-28)33-35-30-19-8-23(3)20-31(30)36(33)24(4)26-11-6-22(2)7-12-26/h6-20,24H,5,21H2,1-4H3,(H,34,37)/t24-/m1/s1. The highest BCUT2D eigenvalue weighted by Crippen LogP contribution is 2.32. The van der Waals surface area contributed by atoms with Crippen molar-refractivity contribution in [3.63, 3.8) is 0 Å². The molecular weight excluding hydrogens is 518 g/mol. The average Bonchev–Trinajstić information content (AvgIpc) is 3.32. The van der Waals surface area contributed by atoms with Gasteiger partial charge in [0.25, 0.3) is 0 Å². The minimum Gasteiger partial charge on any atom is -0.326 e. The van der Waals surface area contributed by atoms with Gasteiger partial charge in [0.2, 0.25) is 5.91 Å². The van der Waals surface area contributed by atoms with E-state index >= 15 is 0 Å². The van der Waals surface area contributed by atoms with Crippen LogP contribution in [-0.2, 0) is 21.1 Å². The molecule has 40 heavy (non-hydrogen) atoms. The van der Waals surface area contributed by atoms with E-state index in [1.807, 2.05) is 24.3 Å². The molecule has 0 saturated heterocycles. The van der Waals surface area contributed by atoms with Crippen LogP contribution in [0.4, 0.5) is 5.69 Å². The molecule has 0 unspecified atom stereocenters. The predicted octanol–water partition coefficient (Wildman–Crippen LogP) is 6.90. The van der Waals surface area contributed by atoms with Gasteiger partial charge in [-0.15, -0.1) is 0 Å². The quantitative estimate of drug-likeness (QED) is 0.227. The van der Waals surface area contributed by atoms with Crippen LogP contribution in [0, 0.1) is 13.8 Å². The minimum atomic E-state index is -3.26. The molecule has 0 aliphatic heterocycles.